The molecule has 2 aliphatic carbocycles. The molecule has 4 heterocycles. The standard InChI is InChI=1S/C40H44F3N5/c41-27-2-1-3-32(16-27)48(33-21-46(22-33)30-10-4-25(5-11-30)37-19-44-39-14-8-28(42)17-35(37)39)34-23-47(24-34)31-12-6-26(7-13-31)38-20-45-40-15-9-29(43)18-36(38)40/h1-3,8-9,14-20,25-26,30-31,33-34,44-45H,4-7,10-13,21-24H2/t25-,26-,30+,31+. The van der Waals surface area contributed by atoms with Crippen LogP contribution in [0.4, 0.5) is 18.9 Å². The monoisotopic (exact) mass is 651 g/mol. The fourth-order valence-corrected chi connectivity index (χ4v) is 9.69. The Kier molecular flexibility index (Phi) is 7.76. The summed E-state index contributed by atoms with van der Waals surface area (Å²) < 4.78 is 42.5. The lowest BCUT2D eigenvalue weighted by Crippen LogP contribution is -2.71. The molecule has 0 amide bonds. The van der Waals surface area contributed by atoms with Crippen LogP contribution in [-0.2, 0) is 0 Å². The number of likely N-dealkylation sites (tertiary alicyclic amines) is 2. The highest BCUT2D eigenvalue weighted by molar-refractivity contribution is 5.84. The molecular formula is C40H44F3N5. The molecule has 2 saturated heterocycles. The quantitative estimate of drug-likeness (QED) is 0.185. The van der Waals surface area contributed by atoms with Crippen LogP contribution < -0.4 is 4.90 Å². The Balaban J connectivity index is 0.811. The van der Waals surface area contributed by atoms with Gasteiger partial charge in [0.15, 0.2) is 0 Å². The molecule has 2 aliphatic heterocycles. The van der Waals surface area contributed by atoms with E-state index in [0.29, 0.717) is 36.0 Å². The molecule has 9 rings (SSSR count). The lowest BCUT2D eigenvalue weighted by Gasteiger charge is -2.57. The Morgan fingerprint density at radius 2 is 1.00 bits per heavy atom. The largest absolute Gasteiger partial charge is 0.361 e. The Bertz CT molecular complexity index is 1790. The van der Waals surface area contributed by atoms with Gasteiger partial charge in [-0.15, -0.1) is 0 Å². The maximum Gasteiger partial charge on any atom is 0.125 e. The van der Waals surface area contributed by atoms with Crippen molar-refractivity contribution >= 4 is 27.5 Å². The number of H-pyrrole nitrogens is 2. The molecule has 48 heavy (non-hydrogen) atoms. The lowest BCUT2D eigenvalue weighted by molar-refractivity contribution is 0.0292. The van der Waals surface area contributed by atoms with Crippen LogP contribution in [0.25, 0.3) is 21.8 Å². The number of benzene rings is 3. The van der Waals surface area contributed by atoms with E-state index in [2.05, 4.69) is 43.1 Å². The summed E-state index contributed by atoms with van der Waals surface area (Å²) in [5.74, 6) is 0.427. The van der Waals surface area contributed by atoms with Crippen LogP contribution >= 0.6 is 0 Å². The molecule has 8 heteroatoms. The minimum absolute atomic E-state index is 0.171. The van der Waals surface area contributed by atoms with Crippen molar-refractivity contribution < 1.29 is 13.2 Å². The number of aromatic amines is 2. The van der Waals surface area contributed by atoms with Gasteiger partial charge in [-0.05, 0) is 129 Å². The van der Waals surface area contributed by atoms with E-state index < -0.39 is 0 Å². The number of fused-ring (bicyclic) bond motifs is 2. The zero-order valence-electron chi connectivity index (χ0n) is 27.4. The third kappa shape index (κ3) is 5.51. The van der Waals surface area contributed by atoms with Crippen LogP contribution in [0.2, 0.25) is 0 Å². The molecule has 2 saturated carbocycles. The molecule has 4 aliphatic rings. The van der Waals surface area contributed by atoms with E-state index in [1.54, 1.807) is 24.3 Å². The van der Waals surface area contributed by atoms with Crippen LogP contribution in [0.1, 0.15) is 74.3 Å². The number of halogens is 3. The van der Waals surface area contributed by atoms with Crippen molar-refractivity contribution in [2.75, 3.05) is 31.1 Å². The smallest absolute Gasteiger partial charge is 0.125 e. The topological polar surface area (TPSA) is 41.3 Å². The fourth-order valence-electron chi connectivity index (χ4n) is 9.69. The van der Waals surface area contributed by atoms with Gasteiger partial charge in [0, 0.05) is 78.1 Å². The highest BCUT2D eigenvalue weighted by atomic mass is 19.1. The van der Waals surface area contributed by atoms with Crippen molar-refractivity contribution in [1.82, 2.24) is 19.8 Å². The van der Waals surface area contributed by atoms with E-state index in [1.807, 2.05) is 18.2 Å². The molecule has 5 nitrogen and oxygen atoms in total. The third-order valence-electron chi connectivity index (χ3n) is 12.3. The fraction of sp³-hybridized carbons (Fsp3) is 0.450. The van der Waals surface area contributed by atoms with Crippen LogP contribution in [0.15, 0.2) is 73.1 Å². The van der Waals surface area contributed by atoms with E-state index in [-0.39, 0.29) is 17.5 Å². The molecule has 0 unspecified atom stereocenters. The highest BCUT2D eigenvalue weighted by Crippen LogP contribution is 2.42. The summed E-state index contributed by atoms with van der Waals surface area (Å²) in [7, 11) is 0. The first-order valence-electron chi connectivity index (χ1n) is 18.0. The molecule has 4 fully saturated rings. The van der Waals surface area contributed by atoms with Crippen molar-refractivity contribution in [2.45, 2.75) is 87.4 Å². The van der Waals surface area contributed by atoms with E-state index in [0.717, 1.165) is 105 Å². The number of nitrogens with one attached hydrogen (secondary N) is 2. The molecule has 5 aromatic rings. The molecule has 0 spiro atoms. The van der Waals surface area contributed by atoms with Crippen LogP contribution in [0, 0.1) is 17.5 Å². The van der Waals surface area contributed by atoms with Crippen molar-refractivity contribution in [3.8, 4) is 0 Å². The number of rotatable bonds is 7. The molecule has 250 valence electrons. The second-order valence-electron chi connectivity index (χ2n) is 15.0. The second-order valence-corrected chi connectivity index (χ2v) is 15.0. The molecule has 0 bridgehead atoms. The molecular weight excluding hydrogens is 607 g/mol. The van der Waals surface area contributed by atoms with Crippen LogP contribution in [-0.4, -0.2) is 70.1 Å². The highest BCUT2D eigenvalue weighted by Gasteiger charge is 2.44. The van der Waals surface area contributed by atoms with Gasteiger partial charge in [-0.3, -0.25) is 9.80 Å². The molecule has 0 atom stereocenters. The first-order valence-corrected chi connectivity index (χ1v) is 18.0. The molecule has 2 N–H and O–H groups in total. The minimum Gasteiger partial charge on any atom is -0.361 e. The zero-order valence-corrected chi connectivity index (χ0v) is 27.4. The zero-order chi connectivity index (χ0) is 32.4. The van der Waals surface area contributed by atoms with E-state index in [1.165, 1.54) is 23.3 Å². The van der Waals surface area contributed by atoms with E-state index >= 15 is 0 Å². The summed E-state index contributed by atoms with van der Waals surface area (Å²) in [6.07, 6.45) is 13.3. The number of anilines is 1. The average molecular weight is 652 g/mol. The van der Waals surface area contributed by atoms with E-state index in [9.17, 15) is 13.2 Å². The Labute approximate surface area is 280 Å². The van der Waals surface area contributed by atoms with Gasteiger partial charge >= 0.3 is 0 Å². The van der Waals surface area contributed by atoms with Gasteiger partial charge in [-0.25, -0.2) is 13.2 Å². The van der Waals surface area contributed by atoms with Crippen molar-refractivity contribution in [2.24, 2.45) is 0 Å². The van der Waals surface area contributed by atoms with Gasteiger partial charge in [-0.2, -0.15) is 0 Å². The van der Waals surface area contributed by atoms with Crippen molar-refractivity contribution in [3.63, 3.8) is 0 Å². The van der Waals surface area contributed by atoms with Crippen LogP contribution in [0.5, 0.6) is 0 Å². The SMILES string of the molecule is Fc1cccc(N(C2CN([C@H]3CC[C@@H](c4c[nH]c5ccc(F)cc54)CC3)C2)C2CN([C@H]3CC[C@@H](c4c[nH]c5ccc(F)cc54)CC3)C2)c1. The Morgan fingerprint density at radius 1 is 0.542 bits per heavy atom. The number of hydrogen-bond acceptors (Lipinski definition) is 3. The van der Waals surface area contributed by atoms with Crippen molar-refractivity contribution in [3.05, 3.63) is 102 Å². The van der Waals surface area contributed by atoms with Gasteiger partial charge in [0.2, 0.25) is 0 Å². The van der Waals surface area contributed by atoms with Gasteiger partial charge in [0.05, 0.1) is 12.1 Å². The minimum atomic E-state index is -0.172. The first kappa shape index (κ1) is 30.3. The summed E-state index contributed by atoms with van der Waals surface area (Å²) in [4.78, 5) is 14.5. The van der Waals surface area contributed by atoms with Gasteiger partial charge in [0.25, 0.3) is 0 Å². The number of nitrogens with zero attached hydrogens (tertiary/aromatic N) is 3. The first-order chi connectivity index (χ1) is 23.5. The summed E-state index contributed by atoms with van der Waals surface area (Å²) in [6, 6.07) is 19.2. The number of aromatic nitrogens is 2. The molecule has 0 radical (unpaired) electrons. The molecule has 2 aromatic heterocycles. The van der Waals surface area contributed by atoms with Gasteiger partial charge in [0.1, 0.15) is 17.5 Å². The normalized spacial score (nSPS) is 26.1. The average Bonchev–Trinajstić information content (AvgIpc) is 3.67. The van der Waals surface area contributed by atoms with Gasteiger partial charge in [-0.1, -0.05) is 6.07 Å². The van der Waals surface area contributed by atoms with Gasteiger partial charge < -0.3 is 14.9 Å². The number of hydrogen-bond donors (Lipinski definition) is 2. The van der Waals surface area contributed by atoms with E-state index in [4.69, 9.17) is 0 Å². The third-order valence-corrected chi connectivity index (χ3v) is 12.3. The summed E-state index contributed by atoms with van der Waals surface area (Å²) >= 11 is 0. The lowest BCUT2D eigenvalue weighted by atomic mass is 9.79. The summed E-state index contributed by atoms with van der Waals surface area (Å²) in [5, 5.41) is 2.06. The van der Waals surface area contributed by atoms with Crippen molar-refractivity contribution in [1.29, 1.82) is 0 Å². The predicted molar refractivity (Wildman–Crippen MR) is 186 cm³/mol. The Morgan fingerprint density at radius 3 is 1.46 bits per heavy atom. The molecule has 3 aromatic carbocycles. The predicted octanol–water partition coefficient (Wildman–Crippen LogP) is 8.69. The summed E-state index contributed by atoms with van der Waals surface area (Å²) in [5.41, 5.74) is 5.56. The second kappa shape index (κ2) is 12.3. The summed E-state index contributed by atoms with van der Waals surface area (Å²) in [6.45, 7) is 4.10. The Hall–Kier alpha value is -3.75. The van der Waals surface area contributed by atoms with Crippen LogP contribution in [0.3, 0.4) is 0 Å². The maximum atomic E-state index is 14.5. The maximum absolute atomic E-state index is 14.5.